The smallest absolute Gasteiger partial charge is 0.273 e. The van der Waals surface area contributed by atoms with Crippen molar-refractivity contribution in [3.8, 4) is 11.4 Å². The highest BCUT2D eigenvalue weighted by atomic mass is 16.6. The van der Waals surface area contributed by atoms with Gasteiger partial charge in [-0.1, -0.05) is 0 Å². The van der Waals surface area contributed by atoms with Gasteiger partial charge >= 0.3 is 0 Å². The maximum absolute atomic E-state index is 12.0. The summed E-state index contributed by atoms with van der Waals surface area (Å²) >= 11 is 0. The summed E-state index contributed by atoms with van der Waals surface area (Å²) in [5, 5.41) is 15.0. The zero-order valence-corrected chi connectivity index (χ0v) is 16.1. The van der Waals surface area contributed by atoms with Gasteiger partial charge in [-0.3, -0.25) is 19.9 Å². The number of carbonyl (C=O) groups is 1. The van der Waals surface area contributed by atoms with Crippen LogP contribution in [0.2, 0.25) is 0 Å². The number of nitro benzene ring substituents is 1. The van der Waals surface area contributed by atoms with Crippen LogP contribution in [0.15, 0.2) is 53.9 Å². The fourth-order valence-corrected chi connectivity index (χ4v) is 2.98. The van der Waals surface area contributed by atoms with Gasteiger partial charge in [0.05, 0.1) is 35.6 Å². The van der Waals surface area contributed by atoms with Gasteiger partial charge in [-0.25, -0.2) is 5.43 Å². The molecule has 1 aromatic carbocycles. The van der Waals surface area contributed by atoms with Gasteiger partial charge in [0, 0.05) is 35.4 Å². The van der Waals surface area contributed by atoms with Crippen LogP contribution in [0.25, 0.3) is 5.69 Å². The number of nitro groups is 1. The van der Waals surface area contributed by atoms with Crippen LogP contribution in [0.4, 0.5) is 5.69 Å². The lowest BCUT2D eigenvalue weighted by atomic mass is 10.2. The normalized spacial score (nSPS) is 10.9. The number of rotatable bonds is 6. The molecule has 0 fully saturated rings. The Balaban J connectivity index is 1.87. The predicted octanol–water partition coefficient (Wildman–Crippen LogP) is 3.17. The number of methoxy groups -OCH3 is 1. The zero-order chi connectivity index (χ0) is 21.0. The van der Waals surface area contributed by atoms with Crippen LogP contribution in [-0.4, -0.2) is 33.7 Å². The Morgan fingerprint density at radius 1 is 1.31 bits per heavy atom. The molecular weight excluding hydrogens is 374 g/mol. The van der Waals surface area contributed by atoms with Gasteiger partial charge in [-0.15, -0.1) is 0 Å². The average molecular weight is 393 g/mol. The Labute approximate surface area is 166 Å². The summed E-state index contributed by atoms with van der Waals surface area (Å²) in [6, 6.07) is 9.67. The van der Waals surface area contributed by atoms with E-state index in [2.05, 4.69) is 15.5 Å². The molecule has 29 heavy (non-hydrogen) atoms. The van der Waals surface area contributed by atoms with Crippen molar-refractivity contribution in [2.75, 3.05) is 7.11 Å². The van der Waals surface area contributed by atoms with Crippen molar-refractivity contribution in [2.45, 2.75) is 13.8 Å². The molecule has 0 spiro atoms. The molecule has 1 amide bonds. The average Bonchev–Trinajstić information content (AvgIpc) is 3.01. The molecule has 148 valence electrons. The Hall–Kier alpha value is -4.01. The van der Waals surface area contributed by atoms with Crippen molar-refractivity contribution in [2.24, 2.45) is 5.10 Å². The number of amides is 1. The summed E-state index contributed by atoms with van der Waals surface area (Å²) in [4.78, 5) is 26.5. The summed E-state index contributed by atoms with van der Waals surface area (Å²) in [6.07, 6.45) is 4.59. The Bertz CT molecular complexity index is 1090. The van der Waals surface area contributed by atoms with E-state index in [1.54, 1.807) is 30.6 Å². The minimum atomic E-state index is -0.468. The minimum absolute atomic E-state index is 0.0482. The predicted molar refractivity (Wildman–Crippen MR) is 108 cm³/mol. The quantitative estimate of drug-likeness (QED) is 0.393. The van der Waals surface area contributed by atoms with E-state index in [1.807, 2.05) is 24.5 Å². The van der Waals surface area contributed by atoms with Crippen LogP contribution in [0.5, 0.6) is 5.75 Å². The standard InChI is InChI=1S/C20H19N5O4/c1-13-9-16(12-22-23-20(26)15-5-4-8-21-11-15)14(2)24(13)18-7-6-17(25(27)28)10-19(18)29-3/h4-12H,1-3H3,(H,23,26)/b22-12-. The number of benzene rings is 1. The van der Waals surface area contributed by atoms with Crippen LogP contribution >= 0.6 is 0 Å². The van der Waals surface area contributed by atoms with E-state index >= 15 is 0 Å². The number of nitrogens with zero attached hydrogens (tertiary/aromatic N) is 4. The van der Waals surface area contributed by atoms with E-state index in [9.17, 15) is 14.9 Å². The van der Waals surface area contributed by atoms with Crippen molar-refractivity contribution in [1.82, 2.24) is 15.0 Å². The van der Waals surface area contributed by atoms with Gasteiger partial charge in [0.1, 0.15) is 5.75 Å². The first-order valence-electron chi connectivity index (χ1n) is 8.67. The number of aryl methyl sites for hydroxylation is 1. The number of pyridine rings is 1. The summed E-state index contributed by atoms with van der Waals surface area (Å²) in [7, 11) is 1.47. The maximum Gasteiger partial charge on any atom is 0.273 e. The second-order valence-electron chi connectivity index (χ2n) is 6.22. The van der Waals surface area contributed by atoms with Gasteiger partial charge in [0.2, 0.25) is 0 Å². The van der Waals surface area contributed by atoms with Crippen LogP contribution in [0.3, 0.4) is 0 Å². The van der Waals surface area contributed by atoms with Crippen LogP contribution in [0, 0.1) is 24.0 Å². The summed E-state index contributed by atoms with van der Waals surface area (Å²) < 4.78 is 7.26. The topological polar surface area (TPSA) is 112 Å². The highest BCUT2D eigenvalue weighted by Crippen LogP contribution is 2.31. The maximum atomic E-state index is 12.0. The second kappa shape index (κ2) is 8.34. The molecule has 0 unspecified atom stereocenters. The molecule has 3 rings (SSSR count). The van der Waals surface area contributed by atoms with E-state index in [0.717, 1.165) is 17.0 Å². The molecule has 9 heteroatoms. The van der Waals surface area contributed by atoms with Crippen LogP contribution < -0.4 is 10.2 Å². The van der Waals surface area contributed by atoms with Gasteiger partial charge in [-0.05, 0) is 38.1 Å². The first kappa shape index (κ1) is 19.7. The lowest BCUT2D eigenvalue weighted by Gasteiger charge is -2.13. The molecule has 0 atom stereocenters. The summed E-state index contributed by atoms with van der Waals surface area (Å²) in [6.45, 7) is 3.79. The number of hydrogen-bond donors (Lipinski definition) is 1. The Morgan fingerprint density at radius 2 is 2.10 bits per heavy atom. The van der Waals surface area contributed by atoms with Crippen molar-refractivity contribution >= 4 is 17.8 Å². The SMILES string of the molecule is COc1cc([N+](=O)[O-])ccc1-n1c(C)cc(/C=N\NC(=O)c2cccnc2)c1C. The molecule has 2 aromatic heterocycles. The fourth-order valence-electron chi connectivity index (χ4n) is 2.98. The molecule has 2 heterocycles. The number of hydrazone groups is 1. The monoisotopic (exact) mass is 393 g/mol. The largest absolute Gasteiger partial charge is 0.494 e. The third-order valence-electron chi connectivity index (χ3n) is 4.38. The van der Waals surface area contributed by atoms with Gasteiger partial charge in [0.25, 0.3) is 11.6 Å². The molecular formula is C20H19N5O4. The summed E-state index contributed by atoms with van der Waals surface area (Å²) in [5.74, 6) is 0.0227. The van der Waals surface area contributed by atoms with E-state index < -0.39 is 4.92 Å². The number of nitrogens with one attached hydrogen (secondary N) is 1. The van der Waals surface area contributed by atoms with Crippen molar-refractivity contribution in [1.29, 1.82) is 0 Å². The molecule has 0 aliphatic rings. The molecule has 3 aromatic rings. The van der Waals surface area contributed by atoms with E-state index in [1.165, 1.54) is 25.4 Å². The molecule has 0 saturated carbocycles. The highest BCUT2D eigenvalue weighted by molar-refractivity contribution is 5.94. The molecule has 1 N–H and O–H groups in total. The third kappa shape index (κ3) is 4.13. The van der Waals surface area contributed by atoms with Crippen LogP contribution in [-0.2, 0) is 0 Å². The fraction of sp³-hybridized carbons (Fsp3) is 0.150. The van der Waals surface area contributed by atoms with Gasteiger partial charge in [-0.2, -0.15) is 5.10 Å². The molecule has 0 radical (unpaired) electrons. The Kier molecular flexibility index (Phi) is 5.68. The van der Waals surface area contributed by atoms with Crippen molar-refractivity contribution in [3.63, 3.8) is 0 Å². The van der Waals surface area contributed by atoms with E-state index in [-0.39, 0.29) is 11.6 Å². The van der Waals surface area contributed by atoms with E-state index in [4.69, 9.17) is 4.74 Å². The lowest BCUT2D eigenvalue weighted by molar-refractivity contribution is -0.384. The van der Waals surface area contributed by atoms with Crippen LogP contribution in [0.1, 0.15) is 27.3 Å². The first-order chi connectivity index (χ1) is 13.9. The number of carbonyl (C=O) groups excluding carboxylic acids is 1. The van der Waals surface area contributed by atoms with Crippen molar-refractivity contribution < 1.29 is 14.5 Å². The molecule has 0 saturated heterocycles. The highest BCUT2D eigenvalue weighted by Gasteiger charge is 2.17. The third-order valence-corrected chi connectivity index (χ3v) is 4.38. The molecule has 0 aliphatic heterocycles. The number of aromatic nitrogens is 2. The lowest BCUT2D eigenvalue weighted by Crippen LogP contribution is -2.17. The first-order valence-corrected chi connectivity index (χ1v) is 8.67. The Morgan fingerprint density at radius 3 is 2.76 bits per heavy atom. The van der Waals surface area contributed by atoms with Crippen molar-refractivity contribution in [3.05, 3.63) is 81.4 Å². The second-order valence-corrected chi connectivity index (χ2v) is 6.22. The number of hydrogen-bond acceptors (Lipinski definition) is 6. The molecule has 9 nitrogen and oxygen atoms in total. The number of non-ortho nitro benzene ring substituents is 1. The van der Waals surface area contributed by atoms with Gasteiger partial charge in [0.15, 0.2) is 0 Å². The molecule has 0 bridgehead atoms. The minimum Gasteiger partial charge on any atom is -0.494 e. The summed E-state index contributed by atoms with van der Waals surface area (Å²) in [5.41, 5.74) is 6.01. The zero-order valence-electron chi connectivity index (χ0n) is 16.1. The molecule has 0 aliphatic carbocycles. The number of ether oxygens (including phenoxy) is 1. The van der Waals surface area contributed by atoms with E-state index in [0.29, 0.717) is 17.0 Å². The van der Waals surface area contributed by atoms with Gasteiger partial charge < -0.3 is 9.30 Å².